The number of hydrogen-bond acceptors (Lipinski definition) is 3. The maximum Gasteiger partial charge on any atom is 4.00 e. The first kappa shape index (κ1) is 22.9. The summed E-state index contributed by atoms with van der Waals surface area (Å²) < 4.78 is 0. The largest absolute Gasteiger partial charge is 4.00 e. The van der Waals surface area contributed by atoms with Crippen LogP contribution in [0.25, 0.3) is 0 Å². The predicted octanol–water partition coefficient (Wildman–Crippen LogP) is -1.35. The van der Waals surface area contributed by atoms with Gasteiger partial charge in [0.05, 0.1) is 0 Å². The van der Waals surface area contributed by atoms with Gasteiger partial charge in [-0.2, -0.15) is 0 Å². The van der Waals surface area contributed by atoms with E-state index in [-0.39, 0.29) is 32.7 Å². The quantitative estimate of drug-likeness (QED) is 0.374. The number of rotatable bonds is 1. The minimum Gasteiger partial charge on any atom is -2.00 e. The van der Waals surface area contributed by atoms with Gasteiger partial charge in [-0.3, -0.25) is 4.79 Å². The summed E-state index contributed by atoms with van der Waals surface area (Å²) in [7, 11) is 0. The summed E-state index contributed by atoms with van der Waals surface area (Å²) in [6.45, 7) is 1.10. The van der Waals surface area contributed by atoms with Crippen molar-refractivity contribution in [3.8, 4) is 0 Å². The van der Waals surface area contributed by atoms with Gasteiger partial charge < -0.3 is 21.2 Å². The molecule has 52 valence electrons. The van der Waals surface area contributed by atoms with Crippen molar-refractivity contribution in [2.75, 3.05) is 0 Å². The Bertz CT molecular complexity index is 63.2. The molecule has 0 saturated carbocycles. The minimum absolute atomic E-state index is 0. The van der Waals surface area contributed by atoms with Crippen LogP contribution in [0.2, 0.25) is 0 Å². The van der Waals surface area contributed by atoms with E-state index in [9.17, 15) is 4.79 Å². The van der Waals surface area contributed by atoms with E-state index in [1.54, 1.807) is 0 Å². The van der Waals surface area contributed by atoms with Crippen molar-refractivity contribution in [1.82, 2.24) is 0 Å². The van der Waals surface area contributed by atoms with Crippen molar-refractivity contribution >= 4 is 5.78 Å². The number of carbonyl (C=O) groups is 1. The predicted molar refractivity (Wildman–Crippen MR) is 20.3 cm³/mol. The van der Waals surface area contributed by atoms with Gasteiger partial charge in [-0.1, -0.05) is 0 Å². The molecule has 6 heteroatoms. The Labute approximate surface area is 67.2 Å². The van der Waals surface area contributed by atoms with E-state index < -0.39 is 12.1 Å². The summed E-state index contributed by atoms with van der Waals surface area (Å²) >= 11 is 0. The standard InChI is InChI=1S/C3H6O3.2O.Ti/c1-2(4)3(5)6;;;/h3,5-6H,1H3;;;/q;2*-2;+4. The van der Waals surface area contributed by atoms with Crippen molar-refractivity contribution in [2.24, 2.45) is 0 Å². The first-order chi connectivity index (χ1) is 2.64. The molecule has 0 radical (unpaired) electrons. The minimum atomic E-state index is -1.79. The smallest absolute Gasteiger partial charge is 2.00 e. The van der Waals surface area contributed by atoms with Crippen LogP contribution < -0.4 is 0 Å². The van der Waals surface area contributed by atoms with E-state index in [0.717, 1.165) is 6.92 Å². The Morgan fingerprint density at radius 2 is 1.44 bits per heavy atom. The van der Waals surface area contributed by atoms with Gasteiger partial charge in [0.25, 0.3) is 0 Å². The molecule has 0 aliphatic carbocycles. The molecule has 0 aromatic rings. The molecule has 0 heterocycles. The van der Waals surface area contributed by atoms with Crippen molar-refractivity contribution in [2.45, 2.75) is 13.2 Å². The zero-order valence-corrected chi connectivity index (χ0v) is 6.26. The SMILES string of the molecule is CC(=O)C(O)O.[O-2].[O-2].[Ti+4]. The van der Waals surface area contributed by atoms with Crippen LogP contribution in [0.4, 0.5) is 0 Å². The fraction of sp³-hybridized carbons (Fsp3) is 0.667. The molecule has 0 atom stereocenters. The van der Waals surface area contributed by atoms with Gasteiger partial charge >= 0.3 is 21.7 Å². The molecule has 0 spiro atoms. The Morgan fingerprint density at radius 3 is 1.44 bits per heavy atom. The summed E-state index contributed by atoms with van der Waals surface area (Å²) in [6.07, 6.45) is -1.79. The topological polar surface area (TPSA) is 115 Å². The van der Waals surface area contributed by atoms with Gasteiger partial charge in [0.1, 0.15) is 0 Å². The molecule has 9 heavy (non-hydrogen) atoms. The van der Waals surface area contributed by atoms with Crippen LogP contribution in [0.5, 0.6) is 0 Å². The number of carbonyl (C=O) groups excluding carboxylic acids is 1. The second kappa shape index (κ2) is 11.1. The van der Waals surface area contributed by atoms with Crippen molar-refractivity contribution in [3.63, 3.8) is 0 Å². The molecule has 0 aliphatic heterocycles. The van der Waals surface area contributed by atoms with E-state index >= 15 is 0 Å². The molecule has 0 amide bonds. The summed E-state index contributed by atoms with van der Waals surface area (Å²) in [5.74, 6) is -0.630. The van der Waals surface area contributed by atoms with Crippen molar-refractivity contribution in [1.29, 1.82) is 0 Å². The number of aliphatic hydroxyl groups excluding tert-OH is 1. The Hall–Kier alpha value is 0.224. The molecule has 2 N–H and O–H groups in total. The zero-order valence-electron chi connectivity index (χ0n) is 4.70. The number of ketones is 1. The molecule has 0 rings (SSSR count). The molecule has 5 nitrogen and oxygen atoms in total. The normalized spacial score (nSPS) is 6.22. The molecule has 0 unspecified atom stereocenters. The summed E-state index contributed by atoms with van der Waals surface area (Å²) in [5.41, 5.74) is 0. The van der Waals surface area contributed by atoms with Gasteiger partial charge in [0, 0.05) is 0 Å². The first-order valence-corrected chi connectivity index (χ1v) is 1.51. The van der Waals surface area contributed by atoms with Crippen LogP contribution >= 0.6 is 0 Å². The molecule has 0 aliphatic rings. The van der Waals surface area contributed by atoms with Crippen LogP contribution in [0.1, 0.15) is 6.92 Å². The third-order valence-electron chi connectivity index (χ3n) is 0.364. The maximum absolute atomic E-state index is 9.64. The molecule has 0 bridgehead atoms. The van der Waals surface area contributed by atoms with Gasteiger partial charge in [-0.25, -0.2) is 0 Å². The third-order valence-corrected chi connectivity index (χ3v) is 0.364. The Kier molecular flexibility index (Phi) is 28.1. The first-order valence-electron chi connectivity index (χ1n) is 1.51. The fourth-order valence-electron chi connectivity index (χ4n) is 0. The summed E-state index contributed by atoms with van der Waals surface area (Å²) in [6, 6.07) is 0. The Balaban J connectivity index is -0.0000000417. The van der Waals surface area contributed by atoms with Gasteiger partial charge in [-0.15, -0.1) is 0 Å². The van der Waals surface area contributed by atoms with E-state index in [1.165, 1.54) is 0 Å². The number of hydrogen-bond donors (Lipinski definition) is 2. The van der Waals surface area contributed by atoms with Crippen molar-refractivity contribution < 1.29 is 47.7 Å². The van der Waals surface area contributed by atoms with E-state index in [1.807, 2.05) is 0 Å². The molecule has 0 fully saturated rings. The average Bonchev–Trinajstić information content (AvgIpc) is 1.36. The second-order valence-corrected chi connectivity index (χ2v) is 0.984. The average molecular weight is 170 g/mol. The van der Waals surface area contributed by atoms with Gasteiger partial charge in [0.15, 0.2) is 5.78 Å². The molecule has 0 saturated heterocycles. The molecule has 0 aromatic carbocycles. The molecule has 0 aromatic heterocycles. The second-order valence-electron chi connectivity index (χ2n) is 0.984. The van der Waals surface area contributed by atoms with Crippen LogP contribution in [0, 0.1) is 0 Å². The number of aliphatic hydroxyl groups is 2. The van der Waals surface area contributed by atoms with Crippen LogP contribution in [-0.4, -0.2) is 22.3 Å². The zero-order chi connectivity index (χ0) is 5.15. The van der Waals surface area contributed by atoms with E-state index in [0.29, 0.717) is 0 Å². The third kappa shape index (κ3) is 17.9. The van der Waals surface area contributed by atoms with Crippen LogP contribution in [0.3, 0.4) is 0 Å². The van der Waals surface area contributed by atoms with Crippen LogP contribution in [0.15, 0.2) is 0 Å². The van der Waals surface area contributed by atoms with E-state index in [2.05, 4.69) is 0 Å². The van der Waals surface area contributed by atoms with Gasteiger partial charge in [-0.05, 0) is 6.92 Å². The monoisotopic (exact) mass is 170 g/mol. The summed E-state index contributed by atoms with van der Waals surface area (Å²) in [5, 5.41) is 15.7. The van der Waals surface area contributed by atoms with Gasteiger partial charge in [0.2, 0.25) is 6.29 Å². The van der Waals surface area contributed by atoms with Crippen molar-refractivity contribution in [3.05, 3.63) is 0 Å². The fourth-order valence-corrected chi connectivity index (χ4v) is 0. The molecular weight excluding hydrogens is 164 g/mol. The Morgan fingerprint density at radius 1 is 1.33 bits per heavy atom. The molecular formula is C3H6O5Ti. The maximum atomic E-state index is 9.64. The van der Waals surface area contributed by atoms with E-state index in [4.69, 9.17) is 10.2 Å². The summed E-state index contributed by atoms with van der Waals surface area (Å²) in [4.78, 5) is 9.64. The number of Topliss-reactive ketones (excluding diaryl/α,β-unsaturated/α-hetero) is 1. The van der Waals surface area contributed by atoms with Crippen LogP contribution in [-0.2, 0) is 37.5 Å².